The number of carbonyl (C=O) groups is 2. The fourth-order valence-corrected chi connectivity index (χ4v) is 4.92. The lowest BCUT2D eigenvalue weighted by atomic mass is 9.94. The topological polar surface area (TPSA) is 54.3 Å². The maximum Gasteiger partial charge on any atom is 0.255 e. The molecule has 1 unspecified atom stereocenters. The summed E-state index contributed by atoms with van der Waals surface area (Å²) in [6, 6.07) is 2.81. The summed E-state index contributed by atoms with van der Waals surface area (Å²) in [6.07, 6.45) is 7.86. The second kappa shape index (κ2) is 9.36. The van der Waals surface area contributed by atoms with Gasteiger partial charge < -0.3 is 14.8 Å². The van der Waals surface area contributed by atoms with Gasteiger partial charge in [-0.3, -0.25) is 9.59 Å². The number of likely N-dealkylation sites (tertiary alicyclic amines) is 1. The Kier molecular flexibility index (Phi) is 7.07. The van der Waals surface area contributed by atoms with Crippen LogP contribution in [0.2, 0.25) is 0 Å². The standard InChI is InChI=1S/C24H39N3O2/c1-16(2)18(4)25-23(28)20-11-13-26(14-12-20)24(29)22-15-17(3)27(19(22)5)21-9-7-6-8-10-21/h15-16,18,20-21H,6-14H2,1-5H3,(H,25,28). The molecular weight excluding hydrogens is 362 g/mol. The van der Waals surface area contributed by atoms with E-state index in [4.69, 9.17) is 0 Å². The Morgan fingerprint density at radius 1 is 1.00 bits per heavy atom. The van der Waals surface area contributed by atoms with Gasteiger partial charge in [0.05, 0.1) is 5.56 Å². The van der Waals surface area contributed by atoms with Crippen molar-refractivity contribution in [3.8, 4) is 0 Å². The number of hydrogen-bond acceptors (Lipinski definition) is 2. The van der Waals surface area contributed by atoms with Crippen molar-refractivity contribution >= 4 is 11.8 Å². The number of nitrogens with one attached hydrogen (secondary N) is 1. The van der Waals surface area contributed by atoms with Crippen LogP contribution in [0.4, 0.5) is 0 Å². The number of rotatable bonds is 5. The van der Waals surface area contributed by atoms with Gasteiger partial charge in [0.25, 0.3) is 5.91 Å². The molecule has 2 heterocycles. The van der Waals surface area contributed by atoms with Crippen LogP contribution in [0, 0.1) is 25.7 Å². The Bertz CT molecular complexity index is 723. The lowest BCUT2D eigenvalue weighted by Crippen LogP contribution is -2.45. The second-order valence-electron chi connectivity index (χ2n) is 9.55. The van der Waals surface area contributed by atoms with Crippen LogP contribution in [0.1, 0.15) is 93.5 Å². The first-order chi connectivity index (χ1) is 13.8. The van der Waals surface area contributed by atoms with Crippen molar-refractivity contribution in [2.45, 2.75) is 91.6 Å². The zero-order valence-electron chi connectivity index (χ0n) is 19.0. The highest BCUT2D eigenvalue weighted by Gasteiger charge is 2.30. The Morgan fingerprint density at radius 3 is 2.21 bits per heavy atom. The van der Waals surface area contributed by atoms with Gasteiger partial charge in [0.15, 0.2) is 0 Å². The summed E-state index contributed by atoms with van der Waals surface area (Å²) < 4.78 is 2.40. The monoisotopic (exact) mass is 401 g/mol. The van der Waals surface area contributed by atoms with Gasteiger partial charge in [-0.1, -0.05) is 33.1 Å². The second-order valence-corrected chi connectivity index (χ2v) is 9.55. The SMILES string of the molecule is Cc1cc(C(=O)N2CCC(C(=O)NC(C)C(C)C)CC2)c(C)n1C1CCCCC1. The number of piperidine rings is 1. The first kappa shape index (κ1) is 21.9. The minimum Gasteiger partial charge on any atom is -0.353 e. The molecule has 1 saturated heterocycles. The summed E-state index contributed by atoms with van der Waals surface area (Å²) in [5.41, 5.74) is 3.17. The highest BCUT2D eigenvalue weighted by atomic mass is 16.2. The van der Waals surface area contributed by atoms with Crippen LogP contribution in [0.15, 0.2) is 6.07 Å². The fraction of sp³-hybridized carbons (Fsp3) is 0.750. The van der Waals surface area contributed by atoms with Gasteiger partial charge in [0.1, 0.15) is 0 Å². The van der Waals surface area contributed by atoms with E-state index >= 15 is 0 Å². The van der Waals surface area contributed by atoms with Crippen LogP contribution in [0.5, 0.6) is 0 Å². The van der Waals surface area contributed by atoms with Gasteiger partial charge >= 0.3 is 0 Å². The van der Waals surface area contributed by atoms with Gasteiger partial charge in [-0.15, -0.1) is 0 Å². The van der Waals surface area contributed by atoms with Crippen LogP contribution in [-0.2, 0) is 4.79 Å². The molecule has 3 rings (SSSR count). The maximum atomic E-state index is 13.2. The smallest absolute Gasteiger partial charge is 0.255 e. The molecule has 0 aromatic carbocycles. The van der Waals surface area contributed by atoms with Crippen molar-refractivity contribution in [2.75, 3.05) is 13.1 Å². The first-order valence-corrected chi connectivity index (χ1v) is 11.6. The molecule has 1 aliphatic heterocycles. The van der Waals surface area contributed by atoms with E-state index in [1.807, 2.05) is 4.90 Å². The molecular formula is C24H39N3O2. The summed E-state index contributed by atoms with van der Waals surface area (Å²) in [5, 5.41) is 3.14. The van der Waals surface area contributed by atoms with Gasteiger partial charge in [-0.25, -0.2) is 0 Å². The average molecular weight is 402 g/mol. The van der Waals surface area contributed by atoms with E-state index in [1.165, 1.54) is 37.8 Å². The van der Waals surface area contributed by atoms with Crippen molar-refractivity contribution in [3.63, 3.8) is 0 Å². The van der Waals surface area contributed by atoms with Crippen molar-refractivity contribution < 1.29 is 9.59 Å². The van der Waals surface area contributed by atoms with Crippen molar-refractivity contribution in [3.05, 3.63) is 23.0 Å². The van der Waals surface area contributed by atoms with E-state index in [2.05, 4.69) is 50.6 Å². The average Bonchev–Trinajstić information content (AvgIpc) is 3.02. The molecule has 0 radical (unpaired) electrons. The third kappa shape index (κ3) is 4.87. The van der Waals surface area contributed by atoms with Gasteiger partial charge in [0.2, 0.25) is 5.91 Å². The summed E-state index contributed by atoms with van der Waals surface area (Å²) in [4.78, 5) is 27.7. The minimum absolute atomic E-state index is 0.0231. The van der Waals surface area contributed by atoms with Crippen LogP contribution in [0.25, 0.3) is 0 Å². The van der Waals surface area contributed by atoms with E-state index in [1.54, 1.807) is 0 Å². The van der Waals surface area contributed by atoms with Crippen LogP contribution in [0.3, 0.4) is 0 Å². The van der Waals surface area contributed by atoms with Crippen molar-refractivity contribution in [2.24, 2.45) is 11.8 Å². The Balaban J connectivity index is 1.62. The van der Waals surface area contributed by atoms with Gasteiger partial charge in [-0.2, -0.15) is 0 Å². The largest absolute Gasteiger partial charge is 0.353 e. The lowest BCUT2D eigenvalue weighted by Gasteiger charge is -2.32. The quantitative estimate of drug-likeness (QED) is 0.782. The van der Waals surface area contributed by atoms with E-state index in [0.717, 1.165) is 24.1 Å². The zero-order chi connectivity index (χ0) is 21.1. The number of amides is 2. The minimum atomic E-state index is 0.0231. The normalized spacial score (nSPS) is 20.1. The summed E-state index contributed by atoms with van der Waals surface area (Å²) in [6.45, 7) is 11.9. The highest BCUT2D eigenvalue weighted by molar-refractivity contribution is 5.96. The van der Waals surface area contributed by atoms with E-state index in [9.17, 15) is 9.59 Å². The third-order valence-corrected chi connectivity index (χ3v) is 7.18. The van der Waals surface area contributed by atoms with E-state index in [-0.39, 0.29) is 23.8 Å². The summed E-state index contributed by atoms with van der Waals surface area (Å²) >= 11 is 0. The van der Waals surface area contributed by atoms with E-state index in [0.29, 0.717) is 25.0 Å². The number of nitrogens with zero attached hydrogens (tertiary/aromatic N) is 2. The molecule has 1 aliphatic carbocycles. The zero-order valence-corrected chi connectivity index (χ0v) is 19.0. The molecule has 2 fully saturated rings. The fourth-order valence-electron chi connectivity index (χ4n) is 4.92. The molecule has 2 amide bonds. The van der Waals surface area contributed by atoms with E-state index < -0.39 is 0 Å². The molecule has 1 saturated carbocycles. The summed E-state index contributed by atoms with van der Waals surface area (Å²) in [7, 11) is 0. The Hall–Kier alpha value is -1.78. The molecule has 1 atom stereocenters. The molecule has 162 valence electrons. The van der Waals surface area contributed by atoms with Crippen molar-refractivity contribution in [1.82, 2.24) is 14.8 Å². The predicted molar refractivity (Wildman–Crippen MR) is 117 cm³/mol. The molecule has 1 N–H and O–H groups in total. The molecule has 0 bridgehead atoms. The molecule has 5 heteroatoms. The molecule has 5 nitrogen and oxygen atoms in total. The Morgan fingerprint density at radius 2 is 1.62 bits per heavy atom. The first-order valence-electron chi connectivity index (χ1n) is 11.6. The summed E-state index contributed by atoms with van der Waals surface area (Å²) in [5.74, 6) is 0.735. The molecule has 2 aliphatic rings. The predicted octanol–water partition coefficient (Wildman–Crippen LogP) is 4.62. The van der Waals surface area contributed by atoms with Crippen LogP contribution < -0.4 is 5.32 Å². The van der Waals surface area contributed by atoms with Gasteiger partial charge in [0, 0.05) is 42.5 Å². The molecule has 1 aromatic rings. The number of hydrogen-bond donors (Lipinski definition) is 1. The number of aromatic nitrogens is 1. The van der Waals surface area contributed by atoms with Crippen LogP contribution >= 0.6 is 0 Å². The third-order valence-electron chi connectivity index (χ3n) is 7.18. The van der Waals surface area contributed by atoms with Gasteiger partial charge in [-0.05, 0) is 58.4 Å². The Labute approximate surface area is 176 Å². The van der Waals surface area contributed by atoms with Crippen molar-refractivity contribution in [1.29, 1.82) is 0 Å². The lowest BCUT2D eigenvalue weighted by molar-refractivity contribution is -0.127. The van der Waals surface area contributed by atoms with Crippen LogP contribution in [-0.4, -0.2) is 40.4 Å². The maximum absolute atomic E-state index is 13.2. The highest BCUT2D eigenvalue weighted by Crippen LogP contribution is 2.33. The number of carbonyl (C=O) groups excluding carboxylic acids is 2. The molecule has 0 spiro atoms. The number of aryl methyl sites for hydroxylation is 1. The molecule has 29 heavy (non-hydrogen) atoms. The molecule has 1 aromatic heterocycles.